The van der Waals surface area contributed by atoms with Gasteiger partial charge < -0.3 is 10.4 Å². The van der Waals surface area contributed by atoms with Gasteiger partial charge in [-0.25, -0.2) is 0 Å². The molecule has 0 aliphatic carbocycles. The third-order valence-corrected chi connectivity index (χ3v) is 3.02. The molecule has 1 aromatic heterocycles. The van der Waals surface area contributed by atoms with Crippen LogP contribution in [0, 0.1) is 0 Å². The van der Waals surface area contributed by atoms with E-state index in [0.29, 0.717) is 24.9 Å². The highest BCUT2D eigenvalue weighted by Crippen LogP contribution is 2.23. The van der Waals surface area contributed by atoms with E-state index in [0.717, 1.165) is 5.69 Å². The Kier molecular flexibility index (Phi) is 5.11. The number of amides is 1. The number of nitrogens with one attached hydrogen (secondary N) is 1. The summed E-state index contributed by atoms with van der Waals surface area (Å²) in [4.78, 5) is 12.1. The first-order chi connectivity index (χ1) is 8.75. The van der Waals surface area contributed by atoms with Gasteiger partial charge >= 0.3 is 0 Å². The highest BCUT2D eigenvalue weighted by molar-refractivity contribution is 5.95. The lowest BCUT2D eigenvalue weighted by Gasteiger charge is -2.17. The summed E-state index contributed by atoms with van der Waals surface area (Å²) in [6.07, 6.45) is 2.67. The zero-order valence-corrected chi connectivity index (χ0v) is 12.5. The molecule has 0 radical (unpaired) electrons. The third-order valence-electron chi connectivity index (χ3n) is 3.02. The highest BCUT2D eigenvalue weighted by atomic mass is 16.3. The molecule has 5 nitrogen and oxygen atoms in total. The van der Waals surface area contributed by atoms with Crippen LogP contribution in [-0.2, 0) is 12.5 Å². The first kappa shape index (κ1) is 15.7. The van der Waals surface area contributed by atoms with Gasteiger partial charge in [-0.15, -0.1) is 0 Å². The molecule has 1 atom stereocenters. The summed E-state index contributed by atoms with van der Waals surface area (Å²) in [6, 6.07) is 0. The Balaban J connectivity index is 2.72. The summed E-state index contributed by atoms with van der Waals surface area (Å²) in [6.45, 7) is 8.50. The average molecular weight is 267 g/mol. The molecule has 1 rings (SSSR count). The predicted molar refractivity (Wildman–Crippen MR) is 75.2 cm³/mol. The molecule has 108 valence electrons. The van der Waals surface area contributed by atoms with Gasteiger partial charge in [-0.05, 0) is 12.8 Å². The summed E-state index contributed by atoms with van der Waals surface area (Å²) >= 11 is 0. The second kappa shape index (κ2) is 6.19. The van der Waals surface area contributed by atoms with Crippen LogP contribution in [0.4, 0.5) is 0 Å². The van der Waals surface area contributed by atoms with Crippen LogP contribution < -0.4 is 5.32 Å². The number of nitrogens with zero attached hydrogens (tertiary/aromatic N) is 2. The Bertz CT molecular complexity index is 432. The molecule has 0 saturated carbocycles. The van der Waals surface area contributed by atoms with Crippen molar-refractivity contribution in [3.05, 3.63) is 17.5 Å². The van der Waals surface area contributed by atoms with Crippen LogP contribution in [-0.4, -0.2) is 33.4 Å². The van der Waals surface area contributed by atoms with E-state index in [-0.39, 0.29) is 17.4 Å². The van der Waals surface area contributed by atoms with Crippen LogP contribution in [0.25, 0.3) is 0 Å². The molecule has 0 fully saturated rings. The summed E-state index contributed by atoms with van der Waals surface area (Å²) in [5.74, 6) is -0.124. The van der Waals surface area contributed by atoms with Crippen molar-refractivity contribution in [1.29, 1.82) is 0 Å². The standard InChI is InChI=1S/C14H25N3O2/c1-6-10(18)7-8-15-13(19)11-9-17(5)16-12(11)14(2,3)4/h9-10,18H,6-8H2,1-5H3,(H,15,19). The van der Waals surface area contributed by atoms with Crippen molar-refractivity contribution in [2.45, 2.75) is 52.1 Å². The van der Waals surface area contributed by atoms with Crippen LogP contribution in [0.5, 0.6) is 0 Å². The fraction of sp³-hybridized carbons (Fsp3) is 0.714. The van der Waals surface area contributed by atoms with Gasteiger partial charge in [-0.3, -0.25) is 9.48 Å². The minimum atomic E-state index is -0.351. The number of aryl methyl sites for hydroxylation is 1. The van der Waals surface area contributed by atoms with Crippen molar-refractivity contribution < 1.29 is 9.90 Å². The van der Waals surface area contributed by atoms with E-state index < -0.39 is 0 Å². The zero-order valence-electron chi connectivity index (χ0n) is 12.5. The Morgan fingerprint density at radius 2 is 2.16 bits per heavy atom. The van der Waals surface area contributed by atoms with Gasteiger partial charge in [-0.1, -0.05) is 27.7 Å². The van der Waals surface area contributed by atoms with Gasteiger partial charge in [0.15, 0.2) is 0 Å². The lowest BCUT2D eigenvalue weighted by atomic mass is 9.89. The normalized spacial score (nSPS) is 13.4. The minimum absolute atomic E-state index is 0.124. The monoisotopic (exact) mass is 267 g/mol. The number of aromatic nitrogens is 2. The lowest BCUT2D eigenvalue weighted by Crippen LogP contribution is -2.29. The number of hydrogen-bond donors (Lipinski definition) is 2. The van der Waals surface area contributed by atoms with E-state index in [9.17, 15) is 9.90 Å². The maximum absolute atomic E-state index is 12.1. The minimum Gasteiger partial charge on any atom is -0.393 e. The molecular formula is C14H25N3O2. The summed E-state index contributed by atoms with van der Waals surface area (Å²) in [7, 11) is 1.81. The number of aliphatic hydroxyl groups is 1. The van der Waals surface area contributed by atoms with Crippen LogP contribution >= 0.6 is 0 Å². The van der Waals surface area contributed by atoms with Gasteiger partial charge in [0.05, 0.1) is 17.4 Å². The Morgan fingerprint density at radius 3 is 2.68 bits per heavy atom. The maximum atomic E-state index is 12.1. The van der Waals surface area contributed by atoms with E-state index >= 15 is 0 Å². The largest absolute Gasteiger partial charge is 0.393 e. The van der Waals surface area contributed by atoms with Gasteiger partial charge in [0, 0.05) is 25.2 Å². The Labute approximate surface area is 115 Å². The molecule has 1 amide bonds. The second-order valence-corrected chi connectivity index (χ2v) is 5.92. The zero-order chi connectivity index (χ0) is 14.6. The topological polar surface area (TPSA) is 67.2 Å². The first-order valence-electron chi connectivity index (χ1n) is 6.76. The second-order valence-electron chi connectivity index (χ2n) is 5.92. The molecule has 0 aliphatic rings. The van der Waals surface area contributed by atoms with Crippen molar-refractivity contribution in [3.63, 3.8) is 0 Å². The molecule has 0 spiro atoms. The van der Waals surface area contributed by atoms with E-state index in [1.807, 2.05) is 34.7 Å². The number of hydrogen-bond acceptors (Lipinski definition) is 3. The average Bonchev–Trinajstić information content (AvgIpc) is 2.70. The molecule has 0 aliphatic heterocycles. The van der Waals surface area contributed by atoms with Gasteiger partial charge in [0.2, 0.25) is 0 Å². The van der Waals surface area contributed by atoms with E-state index in [4.69, 9.17) is 0 Å². The molecule has 0 saturated heterocycles. The molecule has 19 heavy (non-hydrogen) atoms. The molecular weight excluding hydrogens is 242 g/mol. The van der Waals surface area contributed by atoms with Crippen molar-refractivity contribution in [2.24, 2.45) is 7.05 Å². The number of carbonyl (C=O) groups is 1. The van der Waals surface area contributed by atoms with Crippen LogP contribution in [0.1, 0.15) is 56.6 Å². The lowest BCUT2D eigenvalue weighted by molar-refractivity contribution is 0.0939. The molecule has 1 aromatic rings. The number of carbonyl (C=O) groups excluding carboxylic acids is 1. The fourth-order valence-corrected chi connectivity index (χ4v) is 1.86. The maximum Gasteiger partial charge on any atom is 0.254 e. The molecule has 2 N–H and O–H groups in total. The molecule has 1 heterocycles. The number of aliphatic hydroxyl groups excluding tert-OH is 1. The van der Waals surface area contributed by atoms with Gasteiger partial charge in [0.25, 0.3) is 5.91 Å². The third kappa shape index (κ3) is 4.35. The summed E-state index contributed by atoms with van der Waals surface area (Å²) in [5, 5.41) is 16.7. The smallest absolute Gasteiger partial charge is 0.254 e. The van der Waals surface area contributed by atoms with E-state index in [2.05, 4.69) is 10.4 Å². The van der Waals surface area contributed by atoms with E-state index in [1.54, 1.807) is 10.9 Å². The molecule has 0 aromatic carbocycles. The van der Waals surface area contributed by atoms with Crippen molar-refractivity contribution in [3.8, 4) is 0 Å². The Morgan fingerprint density at radius 1 is 1.53 bits per heavy atom. The van der Waals surface area contributed by atoms with Crippen molar-refractivity contribution >= 4 is 5.91 Å². The van der Waals surface area contributed by atoms with Crippen LogP contribution in [0.3, 0.4) is 0 Å². The molecule has 5 heteroatoms. The molecule has 0 bridgehead atoms. The first-order valence-corrected chi connectivity index (χ1v) is 6.76. The van der Waals surface area contributed by atoms with E-state index in [1.165, 1.54) is 0 Å². The Hall–Kier alpha value is -1.36. The number of rotatable bonds is 5. The summed E-state index contributed by atoms with van der Waals surface area (Å²) < 4.78 is 1.66. The van der Waals surface area contributed by atoms with Crippen LogP contribution in [0.2, 0.25) is 0 Å². The van der Waals surface area contributed by atoms with Crippen LogP contribution in [0.15, 0.2) is 6.20 Å². The van der Waals surface area contributed by atoms with Crippen molar-refractivity contribution in [2.75, 3.05) is 6.54 Å². The highest BCUT2D eigenvalue weighted by Gasteiger charge is 2.25. The quantitative estimate of drug-likeness (QED) is 0.851. The SMILES string of the molecule is CCC(O)CCNC(=O)c1cn(C)nc1C(C)(C)C. The molecule has 1 unspecified atom stereocenters. The summed E-state index contributed by atoms with van der Waals surface area (Å²) in [5.41, 5.74) is 1.24. The predicted octanol–water partition coefficient (Wildman–Crippen LogP) is 1.61. The van der Waals surface area contributed by atoms with Crippen molar-refractivity contribution in [1.82, 2.24) is 15.1 Å². The fourth-order valence-electron chi connectivity index (χ4n) is 1.86. The van der Waals surface area contributed by atoms with Gasteiger partial charge in [-0.2, -0.15) is 5.10 Å². The van der Waals surface area contributed by atoms with Gasteiger partial charge in [0.1, 0.15) is 0 Å².